The first kappa shape index (κ1) is 15.2. The van der Waals surface area contributed by atoms with Gasteiger partial charge in [0.1, 0.15) is 5.69 Å². The van der Waals surface area contributed by atoms with Crippen molar-refractivity contribution in [2.75, 3.05) is 12.1 Å². The van der Waals surface area contributed by atoms with E-state index < -0.39 is 0 Å². The van der Waals surface area contributed by atoms with Crippen LogP contribution in [-0.2, 0) is 4.79 Å². The Morgan fingerprint density at radius 2 is 2.00 bits per heavy atom. The summed E-state index contributed by atoms with van der Waals surface area (Å²) in [6.07, 6.45) is 0. The van der Waals surface area contributed by atoms with Crippen molar-refractivity contribution in [2.24, 2.45) is 0 Å². The van der Waals surface area contributed by atoms with E-state index in [9.17, 15) is 4.79 Å². The number of amides is 1. The van der Waals surface area contributed by atoms with Gasteiger partial charge in [-0.15, -0.1) is 0 Å². The van der Waals surface area contributed by atoms with Crippen LogP contribution in [0, 0.1) is 6.92 Å². The van der Waals surface area contributed by atoms with E-state index in [1.807, 2.05) is 43.3 Å². The van der Waals surface area contributed by atoms with Gasteiger partial charge in [-0.05, 0) is 37.3 Å². The zero-order chi connectivity index (χ0) is 17.4. The van der Waals surface area contributed by atoms with Crippen LogP contribution in [0.5, 0.6) is 11.5 Å². The lowest BCUT2D eigenvalue weighted by Crippen LogP contribution is -2.06. The highest BCUT2D eigenvalue weighted by atomic mass is 16.7. The lowest BCUT2D eigenvalue weighted by atomic mass is 10.1. The molecule has 3 aromatic rings. The summed E-state index contributed by atoms with van der Waals surface area (Å²) in [6.45, 7) is 3.57. The van der Waals surface area contributed by atoms with Gasteiger partial charge in [-0.3, -0.25) is 15.1 Å². The number of fused-ring (bicyclic) bond motifs is 1. The number of benzene rings is 1. The Kier molecular flexibility index (Phi) is 3.61. The lowest BCUT2D eigenvalue weighted by molar-refractivity contribution is -0.114. The molecule has 0 spiro atoms. The van der Waals surface area contributed by atoms with E-state index in [1.165, 1.54) is 6.92 Å². The van der Waals surface area contributed by atoms with Gasteiger partial charge in [-0.2, -0.15) is 0 Å². The second-order valence-corrected chi connectivity index (χ2v) is 5.72. The van der Waals surface area contributed by atoms with Gasteiger partial charge in [-0.25, -0.2) is 4.98 Å². The van der Waals surface area contributed by atoms with Gasteiger partial charge in [0.25, 0.3) is 0 Å². The standard InChI is InChI=1S/C18H16N4O3/c1-10-4-3-5-13(19-10)17-16(21-18(22-17)20-11(2)23)12-6-7-14-15(8-12)25-9-24-14/h3-8H,9H2,1-2H3,(H2,20,21,22,23). The van der Waals surface area contributed by atoms with E-state index in [-0.39, 0.29) is 12.7 Å². The number of H-pyrrole nitrogens is 1. The molecule has 0 saturated carbocycles. The van der Waals surface area contributed by atoms with Crippen molar-refractivity contribution < 1.29 is 14.3 Å². The quantitative estimate of drug-likeness (QED) is 0.767. The Balaban J connectivity index is 1.85. The summed E-state index contributed by atoms with van der Waals surface area (Å²) in [5.41, 5.74) is 3.89. The highest BCUT2D eigenvalue weighted by Crippen LogP contribution is 2.38. The summed E-state index contributed by atoms with van der Waals surface area (Å²) >= 11 is 0. The van der Waals surface area contributed by atoms with Crippen LogP contribution in [0.2, 0.25) is 0 Å². The number of nitrogens with zero attached hydrogens (tertiary/aromatic N) is 2. The van der Waals surface area contributed by atoms with Crippen molar-refractivity contribution in [3.63, 3.8) is 0 Å². The molecule has 126 valence electrons. The summed E-state index contributed by atoms with van der Waals surface area (Å²) in [6, 6.07) is 11.4. The van der Waals surface area contributed by atoms with Crippen molar-refractivity contribution in [3.05, 3.63) is 42.1 Å². The maximum Gasteiger partial charge on any atom is 0.231 e. The van der Waals surface area contributed by atoms with E-state index in [0.717, 1.165) is 22.6 Å². The molecule has 0 saturated heterocycles. The van der Waals surface area contributed by atoms with Crippen molar-refractivity contribution in [1.29, 1.82) is 0 Å². The first-order valence-corrected chi connectivity index (χ1v) is 7.82. The molecule has 1 amide bonds. The Bertz CT molecular complexity index is 965. The molecule has 2 N–H and O–H groups in total. The molecule has 25 heavy (non-hydrogen) atoms. The minimum atomic E-state index is -0.199. The zero-order valence-electron chi connectivity index (χ0n) is 13.8. The number of ether oxygens (including phenoxy) is 2. The molecular weight excluding hydrogens is 320 g/mol. The largest absolute Gasteiger partial charge is 0.454 e. The number of rotatable bonds is 3. The number of nitrogens with one attached hydrogen (secondary N) is 2. The van der Waals surface area contributed by atoms with Gasteiger partial charge in [-0.1, -0.05) is 6.07 Å². The van der Waals surface area contributed by atoms with Crippen molar-refractivity contribution >= 4 is 11.9 Å². The number of carbonyl (C=O) groups excluding carboxylic acids is 1. The smallest absolute Gasteiger partial charge is 0.231 e. The molecule has 1 aliphatic heterocycles. The van der Waals surface area contributed by atoms with Crippen molar-refractivity contribution in [1.82, 2.24) is 15.0 Å². The molecule has 1 aliphatic rings. The highest BCUT2D eigenvalue weighted by molar-refractivity contribution is 5.89. The van der Waals surface area contributed by atoms with Crippen LogP contribution in [-0.4, -0.2) is 27.7 Å². The molecule has 0 radical (unpaired) electrons. The van der Waals surface area contributed by atoms with Crippen LogP contribution in [0.15, 0.2) is 36.4 Å². The van der Waals surface area contributed by atoms with Crippen LogP contribution in [0.25, 0.3) is 22.6 Å². The number of aromatic nitrogens is 3. The Morgan fingerprint density at radius 3 is 2.80 bits per heavy atom. The third-order valence-corrected chi connectivity index (χ3v) is 3.79. The van der Waals surface area contributed by atoms with E-state index in [0.29, 0.717) is 23.1 Å². The number of pyridine rings is 1. The summed E-state index contributed by atoms with van der Waals surface area (Å²) in [7, 11) is 0. The van der Waals surface area contributed by atoms with Gasteiger partial charge in [0, 0.05) is 18.2 Å². The molecule has 0 bridgehead atoms. The second kappa shape index (κ2) is 5.94. The molecule has 0 atom stereocenters. The molecular formula is C18H16N4O3. The first-order chi connectivity index (χ1) is 12.1. The van der Waals surface area contributed by atoms with Gasteiger partial charge in [0.15, 0.2) is 11.5 Å². The van der Waals surface area contributed by atoms with E-state index in [2.05, 4.69) is 20.3 Å². The molecule has 7 nitrogen and oxygen atoms in total. The number of aryl methyl sites for hydroxylation is 1. The Labute approximate surface area is 144 Å². The SMILES string of the molecule is CC(=O)Nc1nc(-c2ccc3c(c2)OCO3)c(-c2cccc(C)n2)[nH]1. The fourth-order valence-electron chi connectivity index (χ4n) is 2.72. The molecule has 0 unspecified atom stereocenters. The van der Waals surface area contributed by atoms with Gasteiger partial charge in [0.2, 0.25) is 18.6 Å². The van der Waals surface area contributed by atoms with E-state index >= 15 is 0 Å². The molecule has 1 aromatic carbocycles. The number of anilines is 1. The molecule has 0 fully saturated rings. The van der Waals surface area contributed by atoms with Gasteiger partial charge < -0.3 is 14.5 Å². The van der Waals surface area contributed by atoms with Gasteiger partial charge >= 0.3 is 0 Å². The second-order valence-electron chi connectivity index (χ2n) is 5.72. The zero-order valence-corrected chi connectivity index (χ0v) is 13.8. The molecule has 4 rings (SSSR count). The summed E-state index contributed by atoms with van der Waals surface area (Å²) in [5.74, 6) is 1.55. The maximum absolute atomic E-state index is 11.4. The molecule has 7 heteroatoms. The van der Waals surface area contributed by atoms with Crippen LogP contribution >= 0.6 is 0 Å². The van der Waals surface area contributed by atoms with Crippen LogP contribution < -0.4 is 14.8 Å². The monoisotopic (exact) mass is 336 g/mol. The predicted molar refractivity (Wildman–Crippen MR) is 92.4 cm³/mol. The molecule has 2 aromatic heterocycles. The van der Waals surface area contributed by atoms with Crippen LogP contribution in [0.3, 0.4) is 0 Å². The molecule has 3 heterocycles. The highest BCUT2D eigenvalue weighted by Gasteiger charge is 2.19. The van der Waals surface area contributed by atoms with E-state index in [4.69, 9.17) is 9.47 Å². The number of hydrogen-bond acceptors (Lipinski definition) is 5. The maximum atomic E-state index is 11.4. The average molecular weight is 336 g/mol. The fourth-order valence-corrected chi connectivity index (χ4v) is 2.72. The van der Waals surface area contributed by atoms with Crippen molar-refractivity contribution in [3.8, 4) is 34.1 Å². The number of aromatic amines is 1. The minimum absolute atomic E-state index is 0.199. The number of imidazole rings is 1. The topological polar surface area (TPSA) is 89.1 Å². The number of hydrogen-bond donors (Lipinski definition) is 2. The summed E-state index contributed by atoms with van der Waals surface area (Å²) < 4.78 is 10.8. The van der Waals surface area contributed by atoms with Crippen molar-refractivity contribution in [2.45, 2.75) is 13.8 Å². The van der Waals surface area contributed by atoms with Crippen LogP contribution in [0.1, 0.15) is 12.6 Å². The third kappa shape index (κ3) is 2.91. The number of carbonyl (C=O) groups is 1. The Hall–Kier alpha value is -3.35. The minimum Gasteiger partial charge on any atom is -0.454 e. The fraction of sp³-hybridized carbons (Fsp3) is 0.167. The molecule has 0 aliphatic carbocycles. The average Bonchev–Trinajstić information content (AvgIpc) is 3.20. The lowest BCUT2D eigenvalue weighted by Gasteiger charge is -2.04. The predicted octanol–water partition coefficient (Wildman–Crippen LogP) is 3.13. The Morgan fingerprint density at radius 1 is 1.16 bits per heavy atom. The van der Waals surface area contributed by atoms with Crippen LogP contribution in [0.4, 0.5) is 5.95 Å². The normalized spacial score (nSPS) is 12.2. The summed E-state index contributed by atoms with van der Waals surface area (Å²) in [5, 5.41) is 2.68. The summed E-state index contributed by atoms with van der Waals surface area (Å²) in [4.78, 5) is 23.6. The van der Waals surface area contributed by atoms with Gasteiger partial charge in [0.05, 0.1) is 11.4 Å². The first-order valence-electron chi connectivity index (χ1n) is 7.82. The van der Waals surface area contributed by atoms with E-state index in [1.54, 1.807) is 0 Å². The third-order valence-electron chi connectivity index (χ3n) is 3.79.